The highest BCUT2D eigenvalue weighted by molar-refractivity contribution is 6.61. The second kappa shape index (κ2) is 3.90. The van der Waals surface area contributed by atoms with Crippen molar-refractivity contribution in [1.29, 1.82) is 0 Å². The van der Waals surface area contributed by atoms with E-state index in [2.05, 4.69) is 4.74 Å². The van der Waals surface area contributed by atoms with E-state index in [1.165, 1.54) is 0 Å². The first kappa shape index (κ1) is 8.77. The molecule has 0 aromatic heterocycles. The Bertz CT molecular complexity index is 153. The molecule has 4 nitrogen and oxygen atoms in total. The van der Waals surface area contributed by atoms with Crippen molar-refractivity contribution in [2.45, 2.75) is 25.5 Å². The number of ether oxygens (including phenoxy) is 1. The average Bonchev–Trinajstić information content (AvgIpc) is 1.93. The molecule has 0 aromatic rings. The fourth-order valence-corrected chi connectivity index (χ4v) is 1.22. The van der Waals surface area contributed by atoms with Crippen molar-refractivity contribution >= 4 is 17.0 Å². The Morgan fingerprint density at radius 2 is 2.36 bits per heavy atom. The Balaban J connectivity index is 2.35. The van der Waals surface area contributed by atoms with Crippen LogP contribution in [0.25, 0.3) is 0 Å². The van der Waals surface area contributed by atoms with Crippen LogP contribution in [0.2, 0.25) is 0 Å². The first-order valence-corrected chi connectivity index (χ1v) is 3.89. The van der Waals surface area contributed by atoms with Crippen molar-refractivity contribution in [1.82, 2.24) is 5.06 Å². The van der Waals surface area contributed by atoms with Crippen molar-refractivity contribution in [3.63, 3.8) is 0 Å². The lowest BCUT2D eigenvalue weighted by Crippen LogP contribution is -2.39. The Hall–Kier alpha value is -0.320. The lowest BCUT2D eigenvalue weighted by atomic mass is 10.1. The summed E-state index contributed by atoms with van der Waals surface area (Å²) in [5.41, 5.74) is -0.865. The van der Waals surface area contributed by atoms with Gasteiger partial charge in [0.2, 0.25) is 0 Å². The molecule has 0 spiro atoms. The van der Waals surface area contributed by atoms with Gasteiger partial charge in [0.25, 0.3) is 0 Å². The van der Waals surface area contributed by atoms with Crippen LogP contribution in [0.4, 0.5) is 4.79 Å². The van der Waals surface area contributed by atoms with Crippen LogP contribution >= 0.6 is 11.6 Å². The highest BCUT2D eigenvalue weighted by atomic mass is 35.5. The van der Waals surface area contributed by atoms with Crippen LogP contribution in [0.1, 0.15) is 19.3 Å². The van der Waals surface area contributed by atoms with Crippen molar-refractivity contribution < 1.29 is 14.7 Å². The first-order chi connectivity index (χ1) is 5.20. The molecule has 1 N–H and O–H groups in total. The van der Waals surface area contributed by atoms with Gasteiger partial charge in [0.1, 0.15) is 0 Å². The van der Waals surface area contributed by atoms with Crippen LogP contribution in [0.3, 0.4) is 0 Å². The third-order valence-corrected chi connectivity index (χ3v) is 1.74. The Kier molecular flexibility index (Phi) is 3.11. The van der Waals surface area contributed by atoms with Crippen molar-refractivity contribution in [3.8, 4) is 0 Å². The summed E-state index contributed by atoms with van der Waals surface area (Å²) in [7, 11) is 0. The summed E-state index contributed by atoms with van der Waals surface area (Å²) in [5.74, 6) is 0. The highest BCUT2D eigenvalue weighted by Crippen LogP contribution is 2.16. The average molecular weight is 180 g/mol. The fraction of sp³-hybridized carbons (Fsp3) is 0.833. The van der Waals surface area contributed by atoms with Gasteiger partial charge in [-0.05, 0) is 12.8 Å². The number of hydrogen-bond acceptors (Lipinski definition) is 4. The maximum Gasteiger partial charge on any atom is 0.405 e. The van der Waals surface area contributed by atoms with E-state index < -0.39 is 11.7 Å². The summed E-state index contributed by atoms with van der Waals surface area (Å²) in [4.78, 5) is 10.3. The van der Waals surface area contributed by atoms with Gasteiger partial charge in [0.05, 0.1) is 0 Å². The number of nitrogens with zero attached hydrogens (tertiary/aromatic N) is 1. The maximum absolute atomic E-state index is 10.3. The molecule has 11 heavy (non-hydrogen) atoms. The number of hydrogen-bond donors (Lipinski definition) is 1. The second-order valence-corrected chi connectivity index (χ2v) is 2.78. The van der Waals surface area contributed by atoms with Gasteiger partial charge in [-0.3, -0.25) is 0 Å². The lowest BCUT2D eigenvalue weighted by Gasteiger charge is -2.28. The summed E-state index contributed by atoms with van der Waals surface area (Å²) < 4.78 is 4.61. The van der Waals surface area contributed by atoms with E-state index in [4.69, 9.17) is 16.8 Å². The Morgan fingerprint density at radius 1 is 1.64 bits per heavy atom. The fourth-order valence-electron chi connectivity index (χ4n) is 1.11. The van der Waals surface area contributed by atoms with Gasteiger partial charge in [-0.15, -0.1) is 0 Å². The standard InChI is InChI=1S/C6H10ClNO3/c7-6(9)11-5-3-1-2-4-8(5)10/h5,10H,1-4H2. The minimum absolute atomic E-state index is 0.537. The quantitative estimate of drug-likeness (QED) is 0.621. The number of carbonyl (C=O) groups excluding carboxylic acids is 1. The summed E-state index contributed by atoms with van der Waals surface area (Å²) >= 11 is 4.98. The Labute approximate surface area is 69.6 Å². The molecule has 1 atom stereocenters. The maximum atomic E-state index is 10.3. The summed E-state index contributed by atoms with van der Waals surface area (Å²) in [6.45, 7) is 0.537. The monoisotopic (exact) mass is 179 g/mol. The first-order valence-electron chi connectivity index (χ1n) is 3.52. The van der Waals surface area contributed by atoms with Crippen molar-refractivity contribution in [2.75, 3.05) is 6.54 Å². The molecule has 64 valence electrons. The van der Waals surface area contributed by atoms with Gasteiger partial charge in [-0.25, -0.2) is 4.79 Å². The number of rotatable bonds is 1. The lowest BCUT2D eigenvalue weighted by molar-refractivity contribution is -0.207. The molecular formula is C6H10ClNO3. The summed E-state index contributed by atoms with van der Waals surface area (Å²) in [5, 5.41) is 10.1. The molecule has 0 bridgehead atoms. The van der Waals surface area contributed by atoms with E-state index in [0.717, 1.165) is 17.9 Å². The molecule has 1 aliphatic heterocycles. The SMILES string of the molecule is O=C(Cl)OC1CCCCN1O. The number of hydroxylamine groups is 2. The normalized spacial score (nSPS) is 26.5. The van der Waals surface area contributed by atoms with E-state index in [-0.39, 0.29) is 0 Å². The molecule has 5 heteroatoms. The van der Waals surface area contributed by atoms with Crippen molar-refractivity contribution in [2.24, 2.45) is 0 Å². The number of halogens is 1. The molecule has 0 amide bonds. The largest absolute Gasteiger partial charge is 0.432 e. The van der Waals surface area contributed by atoms with Crippen LogP contribution in [-0.2, 0) is 4.74 Å². The van der Waals surface area contributed by atoms with Crippen LogP contribution in [0, 0.1) is 0 Å². The van der Waals surface area contributed by atoms with E-state index >= 15 is 0 Å². The predicted octanol–water partition coefficient (Wildman–Crippen LogP) is 1.56. The Morgan fingerprint density at radius 3 is 2.91 bits per heavy atom. The second-order valence-electron chi connectivity index (χ2n) is 2.47. The summed E-state index contributed by atoms with van der Waals surface area (Å²) in [6.07, 6.45) is 1.97. The smallest absolute Gasteiger partial charge is 0.405 e. The predicted molar refractivity (Wildman–Crippen MR) is 38.5 cm³/mol. The molecule has 1 saturated heterocycles. The van der Waals surface area contributed by atoms with E-state index in [1.54, 1.807) is 0 Å². The third kappa shape index (κ3) is 2.65. The number of piperidine rings is 1. The van der Waals surface area contributed by atoms with Gasteiger partial charge in [-0.1, -0.05) is 0 Å². The van der Waals surface area contributed by atoms with E-state index in [9.17, 15) is 4.79 Å². The van der Waals surface area contributed by atoms with Gasteiger partial charge in [0, 0.05) is 24.6 Å². The molecule has 1 fully saturated rings. The topological polar surface area (TPSA) is 49.8 Å². The van der Waals surface area contributed by atoms with Gasteiger partial charge in [-0.2, -0.15) is 5.06 Å². The molecular weight excluding hydrogens is 170 g/mol. The molecule has 0 saturated carbocycles. The van der Waals surface area contributed by atoms with Crippen LogP contribution < -0.4 is 0 Å². The minimum atomic E-state index is -0.865. The zero-order valence-corrected chi connectivity index (χ0v) is 6.75. The molecule has 0 aliphatic carbocycles. The third-order valence-electron chi connectivity index (χ3n) is 1.65. The molecule has 0 radical (unpaired) electrons. The van der Waals surface area contributed by atoms with E-state index in [1.807, 2.05) is 0 Å². The van der Waals surface area contributed by atoms with E-state index in [0.29, 0.717) is 13.0 Å². The highest BCUT2D eigenvalue weighted by Gasteiger charge is 2.23. The molecule has 1 rings (SSSR count). The number of carbonyl (C=O) groups is 1. The zero-order valence-electron chi connectivity index (χ0n) is 5.99. The molecule has 0 aromatic carbocycles. The van der Waals surface area contributed by atoms with Gasteiger partial charge < -0.3 is 9.94 Å². The van der Waals surface area contributed by atoms with Crippen molar-refractivity contribution in [3.05, 3.63) is 0 Å². The van der Waals surface area contributed by atoms with Crippen LogP contribution in [-0.4, -0.2) is 28.5 Å². The van der Waals surface area contributed by atoms with Crippen LogP contribution in [0.5, 0.6) is 0 Å². The molecule has 1 heterocycles. The van der Waals surface area contributed by atoms with Gasteiger partial charge in [0.15, 0.2) is 6.23 Å². The molecule has 1 aliphatic rings. The molecule has 1 unspecified atom stereocenters. The summed E-state index contributed by atoms with van der Waals surface area (Å²) in [6, 6.07) is 0. The van der Waals surface area contributed by atoms with Gasteiger partial charge >= 0.3 is 5.43 Å². The zero-order chi connectivity index (χ0) is 8.27. The minimum Gasteiger partial charge on any atom is -0.432 e. The van der Waals surface area contributed by atoms with Crippen LogP contribution in [0.15, 0.2) is 0 Å².